The Bertz CT molecular complexity index is 852. The average Bonchev–Trinajstić information content (AvgIpc) is 3.12. The maximum absolute atomic E-state index is 12.0. The first-order valence-electron chi connectivity index (χ1n) is 10.1. The quantitative estimate of drug-likeness (QED) is 0.904. The number of H-pyrrole nitrogens is 1. The van der Waals surface area contributed by atoms with Crippen molar-refractivity contribution in [2.75, 3.05) is 24.5 Å². The Morgan fingerprint density at radius 3 is 2.48 bits per heavy atom. The lowest BCUT2D eigenvalue weighted by Crippen LogP contribution is -2.46. The number of anilines is 1. The summed E-state index contributed by atoms with van der Waals surface area (Å²) in [6.45, 7) is 9.39. The van der Waals surface area contributed by atoms with Crippen LogP contribution in [0, 0.1) is 13.8 Å². The number of hydrogen-bond acceptors (Lipinski definition) is 5. The molecule has 2 aromatic heterocycles. The minimum Gasteiger partial charge on any atom is -0.357 e. The van der Waals surface area contributed by atoms with Gasteiger partial charge in [0.1, 0.15) is 11.6 Å². The van der Waals surface area contributed by atoms with Crippen LogP contribution in [0.25, 0.3) is 11.4 Å². The number of nitrogens with zero attached hydrogens (tertiary/aromatic N) is 4. The van der Waals surface area contributed by atoms with Crippen LogP contribution in [-0.4, -0.2) is 51.6 Å². The van der Waals surface area contributed by atoms with Crippen molar-refractivity contribution in [1.82, 2.24) is 19.9 Å². The lowest BCUT2D eigenvalue weighted by Gasteiger charge is -2.39. The molecule has 2 fully saturated rings. The fraction of sp³-hybridized carbons (Fsp3) is 0.571. The van der Waals surface area contributed by atoms with Gasteiger partial charge in [-0.2, -0.15) is 0 Å². The molecule has 2 aliphatic heterocycles. The number of rotatable bonds is 3. The fourth-order valence-electron chi connectivity index (χ4n) is 4.42. The molecule has 2 aromatic rings. The van der Waals surface area contributed by atoms with E-state index in [9.17, 15) is 4.79 Å². The van der Waals surface area contributed by atoms with Crippen molar-refractivity contribution >= 4 is 5.82 Å². The van der Waals surface area contributed by atoms with Crippen molar-refractivity contribution in [3.8, 4) is 11.4 Å². The first kappa shape index (κ1) is 18.2. The number of likely N-dealkylation sites (tertiary alicyclic amines) is 1. The predicted molar refractivity (Wildman–Crippen MR) is 108 cm³/mol. The molecule has 0 aliphatic carbocycles. The third kappa shape index (κ3) is 3.63. The van der Waals surface area contributed by atoms with Gasteiger partial charge in [-0.05, 0) is 65.1 Å². The van der Waals surface area contributed by atoms with E-state index in [1.54, 1.807) is 6.92 Å². The molecular weight excluding hydrogens is 338 g/mol. The average molecular weight is 367 g/mol. The summed E-state index contributed by atoms with van der Waals surface area (Å²) in [6, 6.07) is 5.52. The van der Waals surface area contributed by atoms with Crippen LogP contribution in [-0.2, 0) is 0 Å². The van der Waals surface area contributed by atoms with Crippen LogP contribution >= 0.6 is 0 Å². The minimum atomic E-state index is -0.0835. The Hall–Kier alpha value is -2.21. The van der Waals surface area contributed by atoms with E-state index in [2.05, 4.69) is 31.7 Å². The fourth-order valence-corrected chi connectivity index (χ4v) is 4.42. The topological polar surface area (TPSA) is 65.1 Å². The molecule has 0 spiro atoms. The molecule has 4 heterocycles. The summed E-state index contributed by atoms with van der Waals surface area (Å²) in [5.74, 6) is 1.60. The third-order valence-electron chi connectivity index (χ3n) is 6.28. The molecule has 0 radical (unpaired) electrons. The molecule has 4 rings (SSSR count). The highest BCUT2D eigenvalue weighted by molar-refractivity contribution is 5.56. The van der Waals surface area contributed by atoms with Gasteiger partial charge in [-0.1, -0.05) is 0 Å². The first-order valence-corrected chi connectivity index (χ1v) is 10.1. The summed E-state index contributed by atoms with van der Waals surface area (Å²) in [5.41, 5.74) is 2.19. The second-order valence-corrected chi connectivity index (χ2v) is 7.98. The van der Waals surface area contributed by atoms with Gasteiger partial charge in [-0.15, -0.1) is 0 Å². The zero-order valence-corrected chi connectivity index (χ0v) is 16.5. The van der Waals surface area contributed by atoms with Gasteiger partial charge in [0.2, 0.25) is 0 Å². The van der Waals surface area contributed by atoms with Crippen LogP contribution in [0.15, 0.2) is 23.1 Å². The van der Waals surface area contributed by atoms with Crippen LogP contribution in [0.5, 0.6) is 0 Å². The zero-order chi connectivity index (χ0) is 19.0. The highest BCUT2D eigenvalue weighted by atomic mass is 16.1. The van der Waals surface area contributed by atoms with E-state index < -0.39 is 0 Å². The maximum atomic E-state index is 12.0. The number of aromatic nitrogens is 3. The number of nitrogens with one attached hydrogen (secondary N) is 1. The Kier molecular flexibility index (Phi) is 5.00. The van der Waals surface area contributed by atoms with Gasteiger partial charge in [0.25, 0.3) is 5.56 Å². The second kappa shape index (κ2) is 7.43. The van der Waals surface area contributed by atoms with Gasteiger partial charge in [-0.3, -0.25) is 9.69 Å². The second-order valence-electron chi connectivity index (χ2n) is 7.98. The zero-order valence-electron chi connectivity index (χ0n) is 16.5. The highest BCUT2D eigenvalue weighted by Crippen LogP contribution is 2.27. The van der Waals surface area contributed by atoms with Gasteiger partial charge < -0.3 is 9.88 Å². The van der Waals surface area contributed by atoms with Gasteiger partial charge in [0.15, 0.2) is 0 Å². The molecule has 27 heavy (non-hydrogen) atoms. The van der Waals surface area contributed by atoms with E-state index in [1.165, 1.54) is 32.2 Å². The van der Waals surface area contributed by atoms with Crippen molar-refractivity contribution < 1.29 is 0 Å². The Morgan fingerprint density at radius 2 is 1.89 bits per heavy atom. The summed E-state index contributed by atoms with van der Waals surface area (Å²) in [7, 11) is 0. The van der Waals surface area contributed by atoms with Crippen molar-refractivity contribution in [3.63, 3.8) is 0 Å². The molecule has 0 amide bonds. The van der Waals surface area contributed by atoms with Crippen molar-refractivity contribution in [2.45, 2.75) is 58.5 Å². The largest absolute Gasteiger partial charge is 0.357 e. The summed E-state index contributed by atoms with van der Waals surface area (Å²) in [4.78, 5) is 29.0. The Morgan fingerprint density at radius 1 is 1.11 bits per heavy atom. The van der Waals surface area contributed by atoms with Gasteiger partial charge in [-0.25, -0.2) is 9.97 Å². The molecule has 0 aromatic carbocycles. The SMILES string of the molecule is Cc1nc(-c2ccc(N3CCC(N4CCCC4C)CC3)nc2)[nH]c(=O)c1C. The molecular formula is C21H29N5O. The maximum Gasteiger partial charge on any atom is 0.254 e. The predicted octanol–water partition coefficient (Wildman–Crippen LogP) is 2.90. The molecule has 0 saturated carbocycles. The van der Waals surface area contributed by atoms with Crippen molar-refractivity contribution in [1.29, 1.82) is 0 Å². The van der Waals surface area contributed by atoms with Crippen LogP contribution in [0.2, 0.25) is 0 Å². The molecule has 6 nitrogen and oxygen atoms in total. The van der Waals surface area contributed by atoms with Crippen LogP contribution < -0.4 is 10.5 Å². The Balaban J connectivity index is 1.43. The molecule has 1 unspecified atom stereocenters. The molecule has 144 valence electrons. The smallest absolute Gasteiger partial charge is 0.254 e. The van der Waals surface area contributed by atoms with Crippen LogP contribution in [0.3, 0.4) is 0 Å². The standard InChI is InChI=1S/C21H29N5O/c1-14-5-4-10-26(14)18-8-11-25(12-9-18)19-7-6-17(13-22-19)20-23-16(3)15(2)21(27)24-20/h6-7,13-14,18H,4-5,8-12H2,1-3H3,(H,23,24,27). The number of aryl methyl sites for hydroxylation is 1. The monoisotopic (exact) mass is 367 g/mol. The number of piperidine rings is 1. The van der Waals surface area contributed by atoms with E-state index >= 15 is 0 Å². The summed E-state index contributed by atoms with van der Waals surface area (Å²) in [6.07, 6.45) is 6.92. The summed E-state index contributed by atoms with van der Waals surface area (Å²) < 4.78 is 0. The number of hydrogen-bond donors (Lipinski definition) is 1. The number of pyridine rings is 1. The van der Waals surface area contributed by atoms with Gasteiger partial charge in [0.05, 0.1) is 0 Å². The lowest BCUT2D eigenvalue weighted by atomic mass is 10.0. The van der Waals surface area contributed by atoms with E-state index in [1.807, 2.05) is 25.3 Å². The van der Waals surface area contributed by atoms with Crippen LogP contribution in [0.4, 0.5) is 5.82 Å². The van der Waals surface area contributed by atoms with Crippen LogP contribution in [0.1, 0.15) is 43.9 Å². The summed E-state index contributed by atoms with van der Waals surface area (Å²) in [5, 5.41) is 0. The van der Waals surface area contributed by atoms with Gasteiger partial charge in [0, 0.05) is 48.2 Å². The normalized spacial score (nSPS) is 21.7. The van der Waals surface area contributed by atoms with Gasteiger partial charge >= 0.3 is 0 Å². The molecule has 0 bridgehead atoms. The Labute approximate surface area is 160 Å². The minimum absolute atomic E-state index is 0.0835. The highest BCUT2D eigenvalue weighted by Gasteiger charge is 2.30. The van der Waals surface area contributed by atoms with Crippen molar-refractivity contribution in [2.24, 2.45) is 0 Å². The van der Waals surface area contributed by atoms with E-state index in [0.717, 1.165) is 42.2 Å². The molecule has 1 N–H and O–H groups in total. The van der Waals surface area contributed by atoms with E-state index in [0.29, 0.717) is 11.4 Å². The van der Waals surface area contributed by atoms with E-state index in [-0.39, 0.29) is 5.56 Å². The number of aromatic amines is 1. The first-order chi connectivity index (χ1) is 13.0. The van der Waals surface area contributed by atoms with E-state index in [4.69, 9.17) is 0 Å². The lowest BCUT2D eigenvalue weighted by molar-refractivity contribution is 0.163. The third-order valence-corrected chi connectivity index (χ3v) is 6.28. The molecule has 2 aliphatic rings. The molecule has 2 saturated heterocycles. The molecule has 1 atom stereocenters. The molecule has 6 heteroatoms. The summed E-state index contributed by atoms with van der Waals surface area (Å²) >= 11 is 0. The van der Waals surface area contributed by atoms with Crippen molar-refractivity contribution in [3.05, 3.63) is 39.9 Å².